The van der Waals surface area contributed by atoms with E-state index in [1.165, 1.54) is 31.6 Å². The first-order valence-corrected chi connectivity index (χ1v) is 12.8. The second kappa shape index (κ2) is 10.6. The lowest BCUT2D eigenvalue weighted by Gasteiger charge is -2.29. The zero-order valence-electron chi connectivity index (χ0n) is 18.7. The van der Waals surface area contributed by atoms with Crippen molar-refractivity contribution in [1.82, 2.24) is 10.2 Å². The molecule has 1 amide bonds. The molecular formula is C23H30ClN3O4S. The SMILES string of the molecule is COc1ccc(Cl)cc1N([C@@H](C)C(=O)NCc1ccccc1CN1CCCC1)S(C)(=O)=O. The smallest absolute Gasteiger partial charge is 0.243 e. The fourth-order valence-corrected chi connectivity index (χ4v) is 5.35. The third kappa shape index (κ3) is 5.94. The molecule has 32 heavy (non-hydrogen) atoms. The van der Waals surface area contributed by atoms with E-state index in [0.29, 0.717) is 17.3 Å². The normalized spacial score (nSPS) is 15.4. The largest absolute Gasteiger partial charge is 0.495 e. The van der Waals surface area contributed by atoms with Gasteiger partial charge in [0.2, 0.25) is 15.9 Å². The Hall–Kier alpha value is -2.29. The predicted molar refractivity (Wildman–Crippen MR) is 128 cm³/mol. The second-order valence-corrected chi connectivity index (χ2v) is 10.3. The zero-order valence-corrected chi connectivity index (χ0v) is 20.2. The van der Waals surface area contributed by atoms with Crippen LogP contribution in [0.4, 0.5) is 5.69 Å². The quantitative estimate of drug-likeness (QED) is 0.596. The lowest BCUT2D eigenvalue weighted by atomic mass is 10.1. The summed E-state index contributed by atoms with van der Waals surface area (Å²) in [6.07, 6.45) is 3.48. The first-order valence-electron chi connectivity index (χ1n) is 10.6. The van der Waals surface area contributed by atoms with Gasteiger partial charge in [0.15, 0.2) is 0 Å². The number of methoxy groups -OCH3 is 1. The van der Waals surface area contributed by atoms with Crippen LogP contribution in [-0.4, -0.2) is 51.7 Å². The molecule has 0 unspecified atom stereocenters. The van der Waals surface area contributed by atoms with Crippen LogP contribution in [0.5, 0.6) is 5.75 Å². The van der Waals surface area contributed by atoms with Crippen LogP contribution in [0.2, 0.25) is 5.02 Å². The number of likely N-dealkylation sites (tertiary alicyclic amines) is 1. The molecule has 1 aliphatic heterocycles. The van der Waals surface area contributed by atoms with E-state index in [9.17, 15) is 13.2 Å². The van der Waals surface area contributed by atoms with Crippen molar-refractivity contribution in [1.29, 1.82) is 0 Å². The van der Waals surface area contributed by atoms with Crippen molar-refractivity contribution >= 4 is 33.2 Å². The molecule has 1 aliphatic rings. The Labute approximate surface area is 195 Å². The standard InChI is InChI=1S/C23H30ClN3O4S/c1-17(27(32(3,29)30)21-14-20(24)10-11-22(21)31-2)23(28)25-15-18-8-4-5-9-19(18)16-26-12-6-7-13-26/h4-5,8-11,14,17H,6-7,12-13,15-16H2,1-3H3,(H,25,28)/t17-/m0/s1. The number of halogens is 1. The molecule has 174 valence electrons. The van der Waals surface area contributed by atoms with Crippen molar-refractivity contribution in [2.24, 2.45) is 0 Å². The molecule has 2 aromatic rings. The molecule has 0 spiro atoms. The highest BCUT2D eigenvalue weighted by molar-refractivity contribution is 7.92. The van der Waals surface area contributed by atoms with E-state index in [1.54, 1.807) is 19.1 Å². The number of hydrogen-bond acceptors (Lipinski definition) is 5. The molecule has 0 radical (unpaired) electrons. The van der Waals surface area contributed by atoms with Crippen molar-refractivity contribution in [2.75, 3.05) is 30.8 Å². The highest BCUT2D eigenvalue weighted by Crippen LogP contribution is 2.34. The van der Waals surface area contributed by atoms with E-state index in [4.69, 9.17) is 16.3 Å². The lowest BCUT2D eigenvalue weighted by Crippen LogP contribution is -2.47. The molecule has 0 aromatic heterocycles. The number of benzene rings is 2. The number of sulfonamides is 1. The number of nitrogens with one attached hydrogen (secondary N) is 1. The lowest BCUT2D eigenvalue weighted by molar-refractivity contribution is -0.122. The molecule has 0 saturated carbocycles. The number of amides is 1. The number of anilines is 1. The molecule has 3 rings (SSSR count). The van der Waals surface area contributed by atoms with Gasteiger partial charge in [-0.05, 0) is 62.2 Å². The van der Waals surface area contributed by atoms with E-state index in [0.717, 1.165) is 35.8 Å². The molecule has 1 N–H and O–H groups in total. The van der Waals surface area contributed by atoms with Gasteiger partial charge in [0.05, 0.1) is 19.1 Å². The van der Waals surface area contributed by atoms with Crippen molar-refractivity contribution in [3.63, 3.8) is 0 Å². The summed E-state index contributed by atoms with van der Waals surface area (Å²) >= 11 is 6.10. The molecule has 1 fully saturated rings. The Bertz CT molecular complexity index is 1050. The van der Waals surface area contributed by atoms with Gasteiger partial charge in [0.25, 0.3) is 0 Å². The molecule has 7 nitrogen and oxygen atoms in total. The molecule has 1 saturated heterocycles. The summed E-state index contributed by atoms with van der Waals surface area (Å²) in [4.78, 5) is 15.4. The minimum absolute atomic E-state index is 0.222. The van der Waals surface area contributed by atoms with E-state index in [-0.39, 0.29) is 5.69 Å². The molecule has 0 aliphatic carbocycles. The maximum absolute atomic E-state index is 13.0. The third-order valence-corrected chi connectivity index (χ3v) is 7.09. The van der Waals surface area contributed by atoms with Gasteiger partial charge in [-0.3, -0.25) is 14.0 Å². The Kier molecular flexibility index (Phi) is 8.03. The van der Waals surface area contributed by atoms with Gasteiger partial charge < -0.3 is 10.1 Å². The number of nitrogens with zero attached hydrogens (tertiary/aromatic N) is 2. The minimum Gasteiger partial charge on any atom is -0.495 e. The van der Waals surface area contributed by atoms with Gasteiger partial charge in [-0.25, -0.2) is 8.42 Å². The van der Waals surface area contributed by atoms with E-state index < -0.39 is 22.0 Å². The Morgan fingerprint density at radius 2 is 1.84 bits per heavy atom. The maximum atomic E-state index is 13.0. The first-order chi connectivity index (χ1) is 15.2. The van der Waals surface area contributed by atoms with Crippen LogP contribution in [0.15, 0.2) is 42.5 Å². The predicted octanol–water partition coefficient (Wildman–Crippen LogP) is 3.42. The van der Waals surface area contributed by atoms with Gasteiger partial charge >= 0.3 is 0 Å². The molecule has 9 heteroatoms. The summed E-state index contributed by atoms with van der Waals surface area (Å²) in [5.74, 6) is -0.0936. The number of carbonyl (C=O) groups is 1. The number of hydrogen-bond donors (Lipinski definition) is 1. The summed E-state index contributed by atoms with van der Waals surface area (Å²) in [7, 11) is -2.35. The molecule has 2 aromatic carbocycles. The van der Waals surface area contributed by atoms with Crippen molar-refractivity contribution < 1.29 is 17.9 Å². The average Bonchev–Trinajstić information content (AvgIpc) is 3.25. The topological polar surface area (TPSA) is 79.0 Å². The van der Waals surface area contributed by atoms with Gasteiger partial charge in [-0.1, -0.05) is 35.9 Å². The zero-order chi connectivity index (χ0) is 23.3. The summed E-state index contributed by atoms with van der Waals surface area (Å²) in [5, 5.41) is 3.25. The van der Waals surface area contributed by atoms with Gasteiger partial charge in [0.1, 0.15) is 11.8 Å². The fourth-order valence-electron chi connectivity index (χ4n) is 4.01. The van der Waals surface area contributed by atoms with E-state index in [1.807, 2.05) is 18.2 Å². The Balaban J connectivity index is 1.78. The highest BCUT2D eigenvalue weighted by Gasteiger charge is 2.31. The minimum atomic E-state index is -3.79. The van der Waals surface area contributed by atoms with Gasteiger partial charge in [-0.2, -0.15) is 0 Å². The summed E-state index contributed by atoms with van der Waals surface area (Å²) in [6.45, 7) is 4.88. The Morgan fingerprint density at radius 1 is 1.19 bits per heavy atom. The van der Waals surface area contributed by atoms with Crippen LogP contribution in [0.3, 0.4) is 0 Å². The summed E-state index contributed by atoms with van der Waals surface area (Å²) < 4.78 is 31.6. The van der Waals surface area contributed by atoms with Crippen molar-refractivity contribution in [2.45, 2.75) is 38.9 Å². The monoisotopic (exact) mass is 479 g/mol. The summed E-state index contributed by atoms with van der Waals surface area (Å²) in [6, 6.07) is 11.7. The van der Waals surface area contributed by atoms with Crippen LogP contribution in [-0.2, 0) is 27.9 Å². The van der Waals surface area contributed by atoms with E-state index in [2.05, 4.69) is 16.3 Å². The van der Waals surface area contributed by atoms with E-state index >= 15 is 0 Å². The van der Waals surface area contributed by atoms with Gasteiger partial charge in [0, 0.05) is 18.1 Å². The highest BCUT2D eigenvalue weighted by atomic mass is 35.5. The fraction of sp³-hybridized carbons (Fsp3) is 0.435. The third-order valence-electron chi connectivity index (χ3n) is 5.63. The van der Waals surface area contributed by atoms with Crippen LogP contribution in [0.25, 0.3) is 0 Å². The van der Waals surface area contributed by atoms with Crippen LogP contribution >= 0.6 is 11.6 Å². The first kappa shape index (κ1) is 24.4. The molecule has 1 atom stereocenters. The number of carbonyl (C=O) groups excluding carboxylic acids is 1. The second-order valence-electron chi connectivity index (χ2n) is 8.02. The van der Waals surface area contributed by atoms with Crippen molar-refractivity contribution in [3.8, 4) is 5.75 Å². The molecular weight excluding hydrogens is 450 g/mol. The molecule has 1 heterocycles. The Morgan fingerprint density at radius 3 is 2.47 bits per heavy atom. The maximum Gasteiger partial charge on any atom is 0.243 e. The summed E-state index contributed by atoms with van der Waals surface area (Å²) in [5.41, 5.74) is 2.41. The van der Waals surface area contributed by atoms with Crippen LogP contribution in [0.1, 0.15) is 30.9 Å². The van der Waals surface area contributed by atoms with Crippen LogP contribution < -0.4 is 14.4 Å². The van der Waals surface area contributed by atoms with Gasteiger partial charge in [-0.15, -0.1) is 0 Å². The number of rotatable bonds is 9. The number of ether oxygens (including phenoxy) is 1. The average molecular weight is 480 g/mol. The molecule has 0 bridgehead atoms. The van der Waals surface area contributed by atoms with Crippen LogP contribution in [0, 0.1) is 0 Å². The van der Waals surface area contributed by atoms with Crippen molar-refractivity contribution in [3.05, 3.63) is 58.6 Å².